The van der Waals surface area contributed by atoms with Crippen molar-refractivity contribution >= 4 is 17.7 Å². The Morgan fingerprint density at radius 2 is 1.73 bits per heavy atom. The van der Waals surface area contributed by atoms with Crippen molar-refractivity contribution in [1.29, 1.82) is 0 Å². The van der Waals surface area contributed by atoms with Gasteiger partial charge in [-0.1, -0.05) is 30.3 Å². The highest BCUT2D eigenvalue weighted by atomic mass is 16.5. The third-order valence-corrected chi connectivity index (χ3v) is 5.97. The fraction of sp³-hybridized carbons (Fsp3) is 0.360. The van der Waals surface area contributed by atoms with Crippen molar-refractivity contribution in [2.24, 2.45) is 0 Å². The number of methoxy groups -OCH3 is 1. The van der Waals surface area contributed by atoms with Gasteiger partial charge in [0.05, 0.1) is 25.3 Å². The number of esters is 1. The number of carbonyl (C=O) groups excluding carboxylic acids is 2. The van der Waals surface area contributed by atoms with Gasteiger partial charge in [-0.2, -0.15) is 0 Å². The van der Waals surface area contributed by atoms with Gasteiger partial charge < -0.3 is 25.0 Å². The zero-order valence-corrected chi connectivity index (χ0v) is 19.0. The Bertz CT molecular complexity index is 999. The largest absolute Gasteiger partial charge is 0.497 e. The summed E-state index contributed by atoms with van der Waals surface area (Å²) in [6.07, 6.45) is 0. The first-order valence-electron chi connectivity index (χ1n) is 11.2. The number of hydrogen-bond acceptors (Lipinski definition) is 6. The second-order valence-electron chi connectivity index (χ2n) is 8.02. The molecule has 2 aromatic rings. The molecule has 1 fully saturated rings. The van der Waals surface area contributed by atoms with Gasteiger partial charge in [0.1, 0.15) is 5.75 Å². The summed E-state index contributed by atoms with van der Waals surface area (Å²) >= 11 is 0. The molecule has 0 spiro atoms. The van der Waals surface area contributed by atoms with Gasteiger partial charge in [-0.15, -0.1) is 0 Å². The summed E-state index contributed by atoms with van der Waals surface area (Å²) in [5, 5.41) is 5.75. The Hall–Kier alpha value is -3.52. The van der Waals surface area contributed by atoms with Gasteiger partial charge in [0.15, 0.2) is 0 Å². The fourth-order valence-corrected chi connectivity index (χ4v) is 4.27. The van der Waals surface area contributed by atoms with Crippen molar-refractivity contribution in [2.75, 3.05) is 51.3 Å². The first kappa shape index (κ1) is 22.7. The van der Waals surface area contributed by atoms with Gasteiger partial charge in [-0.3, -0.25) is 4.90 Å². The van der Waals surface area contributed by atoms with Crippen LogP contribution in [0.25, 0.3) is 0 Å². The summed E-state index contributed by atoms with van der Waals surface area (Å²) in [4.78, 5) is 30.1. The van der Waals surface area contributed by atoms with E-state index in [4.69, 9.17) is 9.47 Å². The van der Waals surface area contributed by atoms with Gasteiger partial charge in [0.25, 0.3) is 0 Å². The molecule has 0 unspecified atom stereocenters. The van der Waals surface area contributed by atoms with E-state index < -0.39 is 12.0 Å². The molecule has 0 radical (unpaired) electrons. The van der Waals surface area contributed by atoms with E-state index in [1.165, 1.54) is 5.69 Å². The van der Waals surface area contributed by atoms with Crippen LogP contribution in [0.2, 0.25) is 0 Å². The molecule has 8 nitrogen and oxygen atoms in total. The average molecular weight is 451 g/mol. The maximum Gasteiger partial charge on any atom is 0.338 e. The van der Waals surface area contributed by atoms with Crippen LogP contribution in [0.4, 0.5) is 10.5 Å². The first-order valence-corrected chi connectivity index (χ1v) is 11.2. The minimum atomic E-state index is -0.593. The summed E-state index contributed by atoms with van der Waals surface area (Å²) < 4.78 is 10.6. The quantitative estimate of drug-likeness (QED) is 0.631. The molecule has 0 saturated carbocycles. The van der Waals surface area contributed by atoms with E-state index in [1.807, 2.05) is 42.5 Å². The van der Waals surface area contributed by atoms with Crippen molar-refractivity contribution in [3.8, 4) is 5.75 Å². The minimum absolute atomic E-state index is 0.259. The lowest BCUT2D eigenvalue weighted by atomic mass is 9.94. The van der Waals surface area contributed by atoms with Crippen molar-refractivity contribution in [2.45, 2.75) is 13.0 Å². The highest BCUT2D eigenvalue weighted by Gasteiger charge is 2.34. The number of carbonyl (C=O) groups is 2. The molecular weight excluding hydrogens is 420 g/mol. The Balaban J connectivity index is 1.56. The standard InChI is InChI=1S/C25H30N4O4/c1-3-33-24(30)22-21(17-28-13-15-29(16-14-28)19-7-5-4-6-8-19)26-25(31)27-23(22)18-9-11-20(32-2)12-10-18/h4-12,23H,3,13-17H2,1-2H3,(H2,26,27,31)/t23-/m1/s1. The van der Waals surface area contributed by atoms with Gasteiger partial charge in [0.2, 0.25) is 0 Å². The van der Waals surface area contributed by atoms with Crippen molar-refractivity contribution < 1.29 is 19.1 Å². The number of para-hydroxylation sites is 1. The lowest BCUT2D eigenvalue weighted by Gasteiger charge is -2.38. The van der Waals surface area contributed by atoms with E-state index in [9.17, 15) is 9.59 Å². The lowest BCUT2D eigenvalue weighted by molar-refractivity contribution is -0.139. The zero-order valence-electron chi connectivity index (χ0n) is 19.0. The second kappa shape index (κ2) is 10.4. The van der Waals surface area contributed by atoms with Crippen LogP contribution in [-0.4, -0.2) is 63.3 Å². The highest BCUT2D eigenvalue weighted by Crippen LogP contribution is 2.29. The molecule has 0 aromatic heterocycles. The summed E-state index contributed by atoms with van der Waals surface area (Å²) in [5.74, 6) is 0.279. The van der Waals surface area contributed by atoms with Gasteiger partial charge in [-0.25, -0.2) is 9.59 Å². The molecule has 33 heavy (non-hydrogen) atoms. The van der Waals surface area contributed by atoms with Crippen LogP contribution in [-0.2, 0) is 9.53 Å². The smallest absolute Gasteiger partial charge is 0.338 e. The van der Waals surface area contributed by atoms with Crippen LogP contribution in [0.5, 0.6) is 5.75 Å². The van der Waals surface area contributed by atoms with E-state index in [2.05, 4.69) is 32.6 Å². The van der Waals surface area contributed by atoms with Crippen molar-refractivity contribution in [3.05, 3.63) is 71.4 Å². The molecule has 2 aliphatic rings. The van der Waals surface area contributed by atoms with E-state index in [1.54, 1.807) is 14.0 Å². The number of nitrogens with one attached hydrogen (secondary N) is 2. The molecule has 174 valence electrons. The van der Waals surface area contributed by atoms with Gasteiger partial charge in [-0.05, 0) is 36.8 Å². The number of benzene rings is 2. The number of rotatable bonds is 7. The normalized spacial score (nSPS) is 19.0. The van der Waals surface area contributed by atoms with E-state index in [-0.39, 0.29) is 12.6 Å². The van der Waals surface area contributed by atoms with Gasteiger partial charge >= 0.3 is 12.0 Å². The number of amides is 2. The minimum Gasteiger partial charge on any atom is -0.497 e. The number of urea groups is 1. The summed E-state index contributed by atoms with van der Waals surface area (Å²) in [5.41, 5.74) is 3.02. The summed E-state index contributed by atoms with van der Waals surface area (Å²) in [6.45, 7) is 5.90. The van der Waals surface area contributed by atoms with Crippen molar-refractivity contribution in [1.82, 2.24) is 15.5 Å². The lowest BCUT2D eigenvalue weighted by Crippen LogP contribution is -2.51. The second-order valence-corrected chi connectivity index (χ2v) is 8.02. The van der Waals surface area contributed by atoms with Crippen LogP contribution < -0.4 is 20.3 Å². The number of nitrogens with zero attached hydrogens (tertiary/aromatic N) is 2. The van der Waals surface area contributed by atoms with Crippen LogP contribution in [0.15, 0.2) is 65.9 Å². The molecule has 4 rings (SSSR count). The molecule has 8 heteroatoms. The first-order chi connectivity index (χ1) is 16.1. The molecule has 1 saturated heterocycles. The summed E-state index contributed by atoms with van der Waals surface area (Å²) in [7, 11) is 1.60. The van der Waals surface area contributed by atoms with Crippen LogP contribution in [0.1, 0.15) is 18.5 Å². The predicted octanol–water partition coefficient (Wildman–Crippen LogP) is 2.69. The number of piperazine rings is 1. The summed E-state index contributed by atoms with van der Waals surface area (Å²) in [6, 6.07) is 16.7. The topological polar surface area (TPSA) is 83.1 Å². The molecule has 0 bridgehead atoms. The van der Waals surface area contributed by atoms with Crippen LogP contribution in [0.3, 0.4) is 0 Å². The molecule has 2 aromatic carbocycles. The third-order valence-electron chi connectivity index (χ3n) is 5.97. The number of anilines is 1. The predicted molar refractivity (Wildman–Crippen MR) is 126 cm³/mol. The molecule has 1 atom stereocenters. The molecule has 2 N–H and O–H groups in total. The monoisotopic (exact) mass is 450 g/mol. The van der Waals surface area contributed by atoms with E-state index in [0.29, 0.717) is 23.6 Å². The molecular formula is C25H30N4O4. The fourth-order valence-electron chi connectivity index (χ4n) is 4.27. The highest BCUT2D eigenvalue weighted by molar-refractivity contribution is 5.95. The maximum absolute atomic E-state index is 13.0. The maximum atomic E-state index is 13.0. The van der Waals surface area contributed by atoms with E-state index in [0.717, 1.165) is 31.7 Å². The van der Waals surface area contributed by atoms with Crippen LogP contribution in [0, 0.1) is 0 Å². The molecule has 2 aliphatic heterocycles. The Kier molecular flexibility index (Phi) is 7.14. The Morgan fingerprint density at radius 3 is 2.36 bits per heavy atom. The number of ether oxygens (including phenoxy) is 2. The Morgan fingerprint density at radius 1 is 1.03 bits per heavy atom. The molecule has 0 aliphatic carbocycles. The Labute approximate surface area is 194 Å². The third kappa shape index (κ3) is 5.28. The van der Waals surface area contributed by atoms with Crippen molar-refractivity contribution in [3.63, 3.8) is 0 Å². The van der Waals surface area contributed by atoms with E-state index >= 15 is 0 Å². The molecule has 2 heterocycles. The van der Waals surface area contributed by atoms with Gasteiger partial charge in [0, 0.05) is 44.1 Å². The van der Waals surface area contributed by atoms with Crippen LogP contribution >= 0.6 is 0 Å². The zero-order chi connectivity index (χ0) is 23.2. The molecule has 2 amide bonds. The number of hydrogen-bond donors (Lipinski definition) is 2. The average Bonchev–Trinajstić information content (AvgIpc) is 2.85. The SMILES string of the molecule is CCOC(=O)C1=C(CN2CCN(c3ccccc3)CC2)NC(=O)N[C@@H]1c1ccc(OC)cc1.